The molecule has 2 atom stereocenters. The van der Waals surface area contributed by atoms with Gasteiger partial charge in [0.2, 0.25) is 0 Å². The van der Waals surface area contributed by atoms with Gasteiger partial charge in [0.1, 0.15) is 6.04 Å². The molecule has 0 aromatic heterocycles. The van der Waals surface area contributed by atoms with Crippen LogP contribution in [0.5, 0.6) is 0 Å². The first-order valence-corrected chi connectivity index (χ1v) is 10.1. The number of carbonyl (C=O) groups is 1. The van der Waals surface area contributed by atoms with Crippen LogP contribution in [0.15, 0.2) is 30.3 Å². The van der Waals surface area contributed by atoms with Crippen LogP contribution >= 0.6 is 0 Å². The van der Waals surface area contributed by atoms with Crippen LogP contribution in [-0.4, -0.2) is 35.2 Å². The monoisotopic (exact) mass is 369 g/mol. The zero-order valence-electron chi connectivity index (χ0n) is 15.7. The molecule has 0 amide bonds. The summed E-state index contributed by atoms with van der Waals surface area (Å²) in [6, 6.07) is 9.43. The van der Waals surface area contributed by atoms with Crippen molar-refractivity contribution in [3.8, 4) is 0 Å². The predicted molar refractivity (Wildman–Crippen MR) is 101 cm³/mol. The van der Waals surface area contributed by atoms with Crippen molar-refractivity contribution < 1.29 is 18.5 Å². The minimum Gasteiger partial charge on any atom is -0.465 e. The third-order valence-electron chi connectivity index (χ3n) is 3.62. The Balaban J connectivity index is 2.25. The largest absolute Gasteiger partial charge is 0.465 e. The van der Waals surface area contributed by atoms with Crippen LogP contribution in [-0.2, 0) is 31.9 Å². The average molecular weight is 370 g/mol. The van der Waals surface area contributed by atoms with Gasteiger partial charge in [0.05, 0.1) is 24.2 Å². The van der Waals surface area contributed by atoms with Gasteiger partial charge < -0.3 is 9.47 Å². The van der Waals surface area contributed by atoms with Gasteiger partial charge in [-0.05, 0) is 30.7 Å². The topological polar surface area (TPSA) is 64.6 Å². The maximum Gasteiger partial charge on any atom is 0.324 e. The third kappa shape index (κ3) is 9.14. The number of rotatable bonds is 11. The Kier molecular flexibility index (Phi) is 9.93. The number of benzene rings is 1. The molecule has 6 heteroatoms. The first kappa shape index (κ1) is 21.8. The van der Waals surface area contributed by atoms with E-state index in [0.717, 1.165) is 18.4 Å². The lowest BCUT2D eigenvalue weighted by Gasteiger charge is -2.28. The molecular formula is C19H31NO4S. The number of carbonyl (C=O) groups excluding carboxylic acids is 1. The quantitative estimate of drug-likeness (QED) is 0.480. The summed E-state index contributed by atoms with van der Waals surface area (Å²) in [4.78, 5) is 12.0. The number of hydrogen-bond acceptors (Lipinski definition) is 4. The van der Waals surface area contributed by atoms with Crippen molar-refractivity contribution in [1.82, 2.24) is 4.72 Å². The summed E-state index contributed by atoms with van der Waals surface area (Å²) in [6.07, 6.45) is 1.61. The van der Waals surface area contributed by atoms with Crippen LogP contribution in [0.25, 0.3) is 0 Å². The molecule has 25 heavy (non-hydrogen) atoms. The first-order valence-electron chi connectivity index (χ1n) is 8.77. The van der Waals surface area contributed by atoms with E-state index >= 15 is 0 Å². The molecule has 0 radical (unpaired) electrons. The SMILES string of the molecule is CCOC(=O)C(NS(=O)CCCCOCc1ccccc1)C(C)(C)C. The molecule has 1 N–H and O–H groups in total. The number of esters is 1. The fraction of sp³-hybridized carbons (Fsp3) is 0.632. The second-order valence-electron chi connectivity index (χ2n) is 6.96. The average Bonchev–Trinajstić information content (AvgIpc) is 2.56. The van der Waals surface area contributed by atoms with Crippen molar-refractivity contribution in [2.75, 3.05) is 19.0 Å². The second kappa shape index (κ2) is 11.4. The maximum atomic E-state index is 12.2. The normalized spacial score (nSPS) is 14.1. The van der Waals surface area contributed by atoms with Crippen LogP contribution < -0.4 is 4.72 Å². The van der Waals surface area contributed by atoms with Crippen LogP contribution in [0.1, 0.15) is 46.1 Å². The molecule has 0 bridgehead atoms. The highest BCUT2D eigenvalue weighted by atomic mass is 32.2. The fourth-order valence-corrected chi connectivity index (χ4v) is 3.49. The number of unbranched alkanes of at least 4 members (excludes halogenated alkanes) is 1. The van der Waals surface area contributed by atoms with Gasteiger partial charge in [-0.1, -0.05) is 51.1 Å². The van der Waals surface area contributed by atoms with E-state index in [1.807, 2.05) is 51.1 Å². The van der Waals surface area contributed by atoms with Crippen molar-refractivity contribution in [3.05, 3.63) is 35.9 Å². The summed E-state index contributed by atoms with van der Waals surface area (Å²) in [5, 5.41) is 0. The number of nitrogens with one attached hydrogen (secondary N) is 1. The van der Waals surface area contributed by atoms with Gasteiger partial charge in [-0.15, -0.1) is 0 Å². The summed E-state index contributed by atoms with van der Waals surface area (Å²) >= 11 is 0. The molecule has 1 aromatic rings. The van der Waals surface area contributed by atoms with Crippen molar-refractivity contribution in [3.63, 3.8) is 0 Å². The first-order chi connectivity index (χ1) is 11.8. The molecule has 0 spiro atoms. The fourth-order valence-electron chi connectivity index (χ4n) is 2.20. The smallest absolute Gasteiger partial charge is 0.324 e. The Labute approximate surface area is 154 Å². The molecule has 0 aliphatic heterocycles. The van der Waals surface area contributed by atoms with E-state index in [1.54, 1.807) is 6.92 Å². The summed E-state index contributed by atoms with van der Waals surface area (Å²) in [6.45, 7) is 9.09. The lowest BCUT2D eigenvalue weighted by atomic mass is 9.87. The highest BCUT2D eigenvalue weighted by molar-refractivity contribution is 7.83. The Morgan fingerprint density at radius 3 is 2.48 bits per heavy atom. The Morgan fingerprint density at radius 1 is 1.20 bits per heavy atom. The molecule has 5 nitrogen and oxygen atoms in total. The number of ether oxygens (including phenoxy) is 2. The predicted octanol–water partition coefficient (Wildman–Crippen LogP) is 3.21. The molecule has 142 valence electrons. The lowest BCUT2D eigenvalue weighted by molar-refractivity contribution is -0.147. The Hall–Kier alpha value is -1.24. The maximum absolute atomic E-state index is 12.2. The summed E-state index contributed by atoms with van der Waals surface area (Å²) < 4.78 is 25.8. The summed E-state index contributed by atoms with van der Waals surface area (Å²) in [5.41, 5.74) is 0.788. The zero-order chi connectivity index (χ0) is 18.7. The van der Waals surface area contributed by atoms with Crippen LogP contribution in [0.2, 0.25) is 0 Å². The van der Waals surface area contributed by atoms with Gasteiger partial charge in [0.25, 0.3) is 0 Å². The van der Waals surface area contributed by atoms with Gasteiger partial charge in [0, 0.05) is 12.4 Å². The van der Waals surface area contributed by atoms with E-state index in [2.05, 4.69) is 4.72 Å². The molecule has 0 saturated carbocycles. The van der Waals surface area contributed by atoms with E-state index < -0.39 is 17.0 Å². The molecule has 0 heterocycles. The Bertz CT molecular complexity index is 528. The molecule has 2 unspecified atom stereocenters. The zero-order valence-corrected chi connectivity index (χ0v) is 16.6. The van der Waals surface area contributed by atoms with Crippen molar-refractivity contribution in [1.29, 1.82) is 0 Å². The van der Waals surface area contributed by atoms with Gasteiger partial charge in [-0.2, -0.15) is 0 Å². The van der Waals surface area contributed by atoms with Crippen LogP contribution in [0.4, 0.5) is 0 Å². The lowest BCUT2D eigenvalue weighted by Crippen LogP contribution is -2.48. The highest BCUT2D eigenvalue weighted by Crippen LogP contribution is 2.21. The van der Waals surface area contributed by atoms with Gasteiger partial charge >= 0.3 is 5.97 Å². The molecule has 0 aliphatic carbocycles. The summed E-state index contributed by atoms with van der Waals surface area (Å²) in [7, 11) is -1.27. The highest BCUT2D eigenvalue weighted by Gasteiger charge is 2.33. The minimum absolute atomic E-state index is 0.318. The molecular weight excluding hydrogens is 338 g/mol. The number of hydrogen-bond donors (Lipinski definition) is 1. The van der Waals surface area contributed by atoms with Crippen molar-refractivity contribution in [2.24, 2.45) is 5.41 Å². The van der Waals surface area contributed by atoms with E-state index in [0.29, 0.717) is 25.6 Å². The van der Waals surface area contributed by atoms with E-state index in [-0.39, 0.29) is 11.4 Å². The third-order valence-corrected chi connectivity index (χ3v) is 4.78. The Morgan fingerprint density at radius 2 is 1.88 bits per heavy atom. The van der Waals surface area contributed by atoms with Gasteiger partial charge in [-0.25, -0.2) is 8.93 Å². The van der Waals surface area contributed by atoms with Crippen molar-refractivity contribution >= 4 is 17.0 Å². The van der Waals surface area contributed by atoms with E-state index in [1.165, 1.54) is 0 Å². The van der Waals surface area contributed by atoms with Crippen molar-refractivity contribution in [2.45, 2.75) is 53.2 Å². The van der Waals surface area contributed by atoms with Gasteiger partial charge in [-0.3, -0.25) is 4.79 Å². The standard InChI is InChI=1S/C19H31NO4S/c1-5-24-18(21)17(19(2,3)4)20-25(22)14-10-9-13-23-15-16-11-7-6-8-12-16/h6-8,11-12,17,20H,5,9-10,13-15H2,1-4H3. The van der Waals surface area contributed by atoms with Crippen LogP contribution in [0, 0.1) is 5.41 Å². The van der Waals surface area contributed by atoms with Gasteiger partial charge in [0.15, 0.2) is 0 Å². The van der Waals surface area contributed by atoms with Crippen LogP contribution in [0.3, 0.4) is 0 Å². The molecule has 1 rings (SSSR count). The van der Waals surface area contributed by atoms with E-state index in [4.69, 9.17) is 9.47 Å². The second-order valence-corrected chi connectivity index (χ2v) is 8.30. The molecule has 0 fully saturated rings. The molecule has 0 aliphatic rings. The van der Waals surface area contributed by atoms with E-state index in [9.17, 15) is 9.00 Å². The summed E-state index contributed by atoms with van der Waals surface area (Å²) in [5.74, 6) is 0.135. The molecule has 0 saturated heterocycles. The molecule has 1 aromatic carbocycles. The minimum atomic E-state index is -1.27.